The van der Waals surface area contributed by atoms with Crippen molar-refractivity contribution in [1.29, 1.82) is 0 Å². The largest absolute Gasteiger partial charge is 0.328 e. The molecule has 96 valence electrons. The Balaban J connectivity index is 4.86. The molecule has 0 aliphatic carbocycles. The van der Waals surface area contributed by atoms with Crippen LogP contribution in [0.2, 0.25) is 0 Å². The van der Waals surface area contributed by atoms with E-state index >= 15 is 0 Å². The Morgan fingerprint density at radius 1 is 1.12 bits per heavy atom. The summed E-state index contributed by atoms with van der Waals surface area (Å²) < 4.78 is 0. The van der Waals surface area contributed by atoms with Crippen LogP contribution in [0, 0.1) is 0 Å². The Bertz CT molecular complexity index is 202. The first-order valence-electron chi connectivity index (χ1n) is 6.25. The second-order valence-electron chi connectivity index (χ2n) is 4.15. The number of urea groups is 1. The predicted octanol–water partition coefficient (Wildman–Crippen LogP) is 1.90. The Morgan fingerprint density at radius 3 is 1.81 bits per heavy atom. The monoisotopic (exact) mass is 229 g/mol. The van der Waals surface area contributed by atoms with Gasteiger partial charge < -0.3 is 15.5 Å². The molecule has 0 heterocycles. The van der Waals surface area contributed by atoms with Crippen LogP contribution in [0.3, 0.4) is 0 Å². The first kappa shape index (κ1) is 15.2. The van der Waals surface area contributed by atoms with E-state index in [0.717, 1.165) is 25.9 Å². The van der Waals surface area contributed by atoms with Crippen molar-refractivity contribution in [2.75, 3.05) is 26.7 Å². The lowest BCUT2D eigenvalue weighted by Crippen LogP contribution is -2.57. The van der Waals surface area contributed by atoms with Gasteiger partial charge in [0.25, 0.3) is 0 Å². The number of amides is 2. The summed E-state index contributed by atoms with van der Waals surface area (Å²) >= 11 is 0. The molecule has 0 aliphatic heterocycles. The highest BCUT2D eigenvalue weighted by molar-refractivity contribution is 5.75. The summed E-state index contributed by atoms with van der Waals surface area (Å²) in [5, 5.41) is 0. The maximum Gasteiger partial charge on any atom is 0.320 e. The molecule has 0 saturated carbocycles. The average Bonchev–Trinajstić information content (AvgIpc) is 2.33. The molecule has 4 heteroatoms. The maximum absolute atomic E-state index is 12.2. The third-order valence-corrected chi connectivity index (χ3v) is 3.73. The van der Waals surface area contributed by atoms with Gasteiger partial charge in [-0.05, 0) is 26.7 Å². The first-order chi connectivity index (χ1) is 7.52. The highest BCUT2D eigenvalue weighted by Gasteiger charge is 2.34. The van der Waals surface area contributed by atoms with E-state index in [1.54, 1.807) is 0 Å². The number of rotatable bonds is 6. The molecule has 4 nitrogen and oxygen atoms in total. The molecule has 2 amide bonds. The second-order valence-corrected chi connectivity index (χ2v) is 4.15. The van der Waals surface area contributed by atoms with Gasteiger partial charge in [-0.1, -0.05) is 13.8 Å². The van der Waals surface area contributed by atoms with Gasteiger partial charge in [0.1, 0.15) is 0 Å². The summed E-state index contributed by atoms with van der Waals surface area (Å²) in [5.41, 5.74) is 5.64. The van der Waals surface area contributed by atoms with Gasteiger partial charge in [0.2, 0.25) is 0 Å². The lowest BCUT2D eigenvalue weighted by Gasteiger charge is -2.42. The zero-order chi connectivity index (χ0) is 12.8. The number of carbonyl (C=O) groups is 1. The summed E-state index contributed by atoms with van der Waals surface area (Å²) in [7, 11) is 1.86. The van der Waals surface area contributed by atoms with Gasteiger partial charge in [0, 0.05) is 26.7 Å². The van der Waals surface area contributed by atoms with Gasteiger partial charge in [-0.2, -0.15) is 0 Å². The summed E-state index contributed by atoms with van der Waals surface area (Å²) in [6, 6.07) is 0.0825. The Labute approximate surface area is 99.8 Å². The summed E-state index contributed by atoms with van der Waals surface area (Å²) in [4.78, 5) is 15.9. The Hall–Kier alpha value is -0.770. The maximum atomic E-state index is 12.2. The second kappa shape index (κ2) is 6.74. The molecule has 0 radical (unpaired) electrons. The van der Waals surface area contributed by atoms with Crippen molar-refractivity contribution in [1.82, 2.24) is 9.80 Å². The van der Waals surface area contributed by atoms with Crippen LogP contribution >= 0.6 is 0 Å². The Morgan fingerprint density at radius 2 is 1.56 bits per heavy atom. The molecule has 0 atom stereocenters. The van der Waals surface area contributed by atoms with E-state index < -0.39 is 0 Å². The molecule has 0 aromatic rings. The molecule has 16 heavy (non-hydrogen) atoms. The van der Waals surface area contributed by atoms with Crippen molar-refractivity contribution in [3.05, 3.63) is 0 Å². The number of nitrogens with zero attached hydrogens (tertiary/aromatic N) is 2. The molecule has 0 aromatic heterocycles. The van der Waals surface area contributed by atoms with E-state index in [9.17, 15) is 4.79 Å². The molecule has 0 fully saturated rings. The molecule has 0 bridgehead atoms. The molecule has 0 saturated heterocycles. The van der Waals surface area contributed by atoms with Crippen molar-refractivity contribution in [2.45, 2.75) is 46.1 Å². The van der Waals surface area contributed by atoms with E-state index in [4.69, 9.17) is 5.73 Å². The standard InChI is InChI=1S/C12H27N3O/c1-6-12(7-2,10-13)14(5)11(16)15(8-3)9-4/h6-10,13H2,1-5H3. The van der Waals surface area contributed by atoms with Gasteiger partial charge in [-0.25, -0.2) is 4.79 Å². The predicted molar refractivity (Wildman–Crippen MR) is 68.4 cm³/mol. The topological polar surface area (TPSA) is 49.6 Å². The number of hydrogen-bond donors (Lipinski definition) is 1. The molecule has 0 spiro atoms. The number of hydrogen-bond acceptors (Lipinski definition) is 2. The fraction of sp³-hybridized carbons (Fsp3) is 0.917. The summed E-state index contributed by atoms with van der Waals surface area (Å²) in [6.45, 7) is 10.2. The van der Waals surface area contributed by atoms with Crippen molar-refractivity contribution in [2.24, 2.45) is 5.73 Å². The van der Waals surface area contributed by atoms with Crippen LogP contribution in [0.5, 0.6) is 0 Å². The summed E-state index contributed by atoms with van der Waals surface area (Å²) in [5.74, 6) is 0. The van der Waals surface area contributed by atoms with Gasteiger partial charge in [-0.3, -0.25) is 0 Å². The van der Waals surface area contributed by atoms with Crippen LogP contribution in [0.4, 0.5) is 4.79 Å². The highest BCUT2D eigenvalue weighted by atomic mass is 16.2. The average molecular weight is 229 g/mol. The van der Waals surface area contributed by atoms with Crippen LogP contribution in [0.1, 0.15) is 40.5 Å². The molecule has 0 aliphatic rings. The van der Waals surface area contributed by atoms with Crippen LogP contribution < -0.4 is 5.73 Å². The minimum absolute atomic E-state index is 0.0825. The molecule has 0 aromatic carbocycles. The smallest absolute Gasteiger partial charge is 0.320 e. The van der Waals surface area contributed by atoms with E-state index in [1.165, 1.54) is 0 Å². The van der Waals surface area contributed by atoms with Gasteiger partial charge in [0.15, 0.2) is 0 Å². The number of likely N-dealkylation sites (N-methyl/N-ethyl adjacent to an activating group) is 1. The molecular formula is C12H27N3O. The van der Waals surface area contributed by atoms with Crippen LogP contribution in [0.25, 0.3) is 0 Å². The van der Waals surface area contributed by atoms with Crippen LogP contribution in [-0.4, -0.2) is 48.1 Å². The first-order valence-corrected chi connectivity index (χ1v) is 6.25. The van der Waals surface area contributed by atoms with Gasteiger partial charge in [-0.15, -0.1) is 0 Å². The third-order valence-electron chi connectivity index (χ3n) is 3.73. The highest BCUT2D eigenvalue weighted by Crippen LogP contribution is 2.22. The third kappa shape index (κ3) is 2.88. The SMILES string of the molecule is CCN(CC)C(=O)N(C)C(CC)(CC)CN. The number of carbonyl (C=O) groups excluding carboxylic acids is 1. The van der Waals surface area contributed by atoms with Crippen molar-refractivity contribution < 1.29 is 4.79 Å². The van der Waals surface area contributed by atoms with Crippen molar-refractivity contribution >= 4 is 6.03 Å². The van der Waals surface area contributed by atoms with E-state index in [0.29, 0.717) is 6.54 Å². The van der Waals surface area contributed by atoms with Crippen molar-refractivity contribution in [3.63, 3.8) is 0 Å². The molecular weight excluding hydrogens is 202 g/mol. The minimum Gasteiger partial charge on any atom is -0.328 e. The zero-order valence-corrected chi connectivity index (χ0v) is 11.4. The summed E-state index contributed by atoms with van der Waals surface area (Å²) in [6.07, 6.45) is 1.78. The van der Waals surface area contributed by atoms with Gasteiger partial charge in [0.05, 0.1) is 5.54 Å². The Kier molecular flexibility index (Phi) is 6.41. The van der Waals surface area contributed by atoms with Gasteiger partial charge >= 0.3 is 6.03 Å². The molecule has 0 rings (SSSR count). The quantitative estimate of drug-likeness (QED) is 0.756. The van der Waals surface area contributed by atoms with E-state index in [-0.39, 0.29) is 11.6 Å². The van der Waals surface area contributed by atoms with Crippen molar-refractivity contribution in [3.8, 4) is 0 Å². The normalized spacial score (nSPS) is 11.4. The fourth-order valence-corrected chi connectivity index (χ4v) is 2.06. The van der Waals surface area contributed by atoms with Crippen LogP contribution in [-0.2, 0) is 0 Å². The van der Waals surface area contributed by atoms with Crippen LogP contribution in [0.15, 0.2) is 0 Å². The lowest BCUT2D eigenvalue weighted by atomic mass is 9.91. The van der Waals surface area contributed by atoms with E-state index in [1.807, 2.05) is 30.7 Å². The minimum atomic E-state index is -0.195. The van der Waals surface area contributed by atoms with E-state index in [2.05, 4.69) is 13.8 Å². The zero-order valence-electron chi connectivity index (χ0n) is 11.4. The number of nitrogens with two attached hydrogens (primary N) is 1. The fourth-order valence-electron chi connectivity index (χ4n) is 2.06. The lowest BCUT2D eigenvalue weighted by molar-refractivity contribution is 0.102. The molecule has 0 unspecified atom stereocenters. The molecule has 2 N–H and O–H groups in total.